The first-order valence-electron chi connectivity index (χ1n) is 11.6. The Hall–Kier alpha value is -4.40. The summed E-state index contributed by atoms with van der Waals surface area (Å²) >= 11 is 0. The maximum atomic E-state index is 12.3. The first kappa shape index (κ1) is 21.2. The summed E-state index contributed by atoms with van der Waals surface area (Å²) in [5.41, 5.74) is 8.18. The second-order valence-corrected chi connectivity index (χ2v) is 9.07. The third-order valence-electron chi connectivity index (χ3n) is 7.00. The Balaban J connectivity index is 1.31. The van der Waals surface area contributed by atoms with Crippen LogP contribution in [0.25, 0.3) is 22.2 Å². The second-order valence-electron chi connectivity index (χ2n) is 9.07. The molecule has 2 aliphatic rings. The lowest BCUT2D eigenvalue weighted by molar-refractivity contribution is -0.125. The summed E-state index contributed by atoms with van der Waals surface area (Å²) in [5.74, 6) is 1.70. The maximum Gasteiger partial charge on any atom is 0.322 e. The zero-order valence-corrected chi connectivity index (χ0v) is 18.9. The first-order chi connectivity index (χ1) is 17.0. The average Bonchev–Trinajstić information content (AvgIpc) is 3.39. The number of para-hydroxylation sites is 1. The molecule has 0 unspecified atom stereocenters. The Morgan fingerprint density at radius 2 is 1.69 bits per heavy atom. The normalized spacial score (nSPS) is 21.8. The van der Waals surface area contributed by atoms with E-state index < -0.39 is 11.6 Å². The molecule has 35 heavy (non-hydrogen) atoms. The molecule has 0 atom stereocenters. The van der Waals surface area contributed by atoms with E-state index in [1.807, 2.05) is 54.6 Å². The topological polar surface area (TPSA) is 124 Å². The Kier molecular flexibility index (Phi) is 4.91. The van der Waals surface area contributed by atoms with Crippen LogP contribution >= 0.6 is 0 Å². The summed E-state index contributed by atoms with van der Waals surface area (Å²) in [6.07, 6.45) is 6.13. The number of benzene rings is 2. The van der Waals surface area contributed by atoms with Crippen molar-refractivity contribution in [2.45, 2.75) is 37.3 Å². The molecule has 176 valence electrons. The van der Waals surface area contributed by atoms with Crippen molar-refractivity contribution in [3.63, 3.8) is 0 Å². The number of carbonyl (C=O) groups is 2. The number of nitrogen functional groups attached to an aromatic ring is 1. The number of rotatable bonds is 4. The summed E-state index contributed by atoms with van der Waals surface area (Å²) in [6, 6.07) is 17.2. The largest absolute Gasteiger partial charge is 0.457 e. The summed E-state index contributed by atoms with van der Waals surface area (Å²) in [5, 5.41) is 6.00. The van der Waals surface area contributed by atoms with E-state index in [4.69, 9.17) is 10.5 Å². The molecule has 1 aliphatic carbocycles. The van der Waals surface area contributed by atoms with Gasteiger partial charge in [0.1, 0.15) is 34.8 Å². The molecule has 2 aromatic carbocycles. The van der Waals surface area contributed by atoms with Gasteiger partial charge in [0.05, 0.1) is 5.39 Å². The summed E-state index contributed by atoms with van der Waals surface area (Å²) in [6.45, 7) is 0. The van der Waals surface area contributed by atoms with E-state index in [9.17, 15) is 9.59 Å². The van der Waals surface area contributed by atoms with Gasteiger partial charge in [-0.15, -0.1) is 0 Å². The Bertz CT molecular complexity index is 1420. The number of amides is 3. The van der Waals surface area contributed by atoms with Gasteiger partial charge in [-0.2, -0.15) is 0 Å². The van der Waals surface area contributed by atoms with Gasteiger partial charge in [-0.3, -0.25) is 10.1 Å². The minimum absolute atomic E-state index is 0.122. The van der Waals surface area contributed by atoms with E-state index in [2.05, 4.69) is 31.4 Å². The van der Waals surface area contributed by atoms with Gasteiger partial charge in [0.25, 0.3) is 5.91 Å². The van der Waals surface area contributed by atoms with Gasteiger partial charge in [0, 0.05) is 17.8 Å². The van der Waals surface area contributed by atoms with Crippen LogP contribution in [0.3, 0.4) is 0 Å². The van der Waals surface area contributed by atoms with E-state index in [1.54, 1.807) is 0 Å². The highest BCUT2D eigenvalue weighted by Crippen LogP contribution is 2.41. The number of nitrogens with zero attached hydrogens (tertiary/aromatic N) is 3. The number of aromatic nitrogens is 3. The van der Waals surface area contributed by atoms with E-state index >= 15 is 0 Å². The van der Waals surface area contributed by atoms with Gasteiger partial charge < -0.3 is 20.4 Å². The lowest BCUT2D eigenvalue weighted by Crippen LogP contribution is -2.49. The lowest BCUT2D eigenvalue weighted by atomic mass is 9.79. The molecule has 1 spiro atoms. The average molecular weight is 469 g/mol. The van der Waals surface area contributed by atoms with Crippen molar-refractivity contribution >= 4 is 28.8 Å². The number of hydrogen-bond donors (Lipinski definition) is 3. The van der Waals surface area contributed by atoms with Crippen LogP contribution in [0.4, 0.5) is 10.6 Å². The monoisotopic (exact) mass is 468 g/mol. The van der Waals surface area contributed by atoms with E-state index in [0.717, 1.165) is 46.5 Å². The SMILES string of the molecule is Nc1ncnc2c1c(-c1ccc(Oc3ccccc3)cc1)cn2[C@H]1CC[C@@]2(CC1)NC(=O)NC2=O. The molecule has 1 aliphatic heterocycles. The molecule has 9 heteroatoms. The molecular formula is C26H24N6O3. The van der Waals surface area contributed by atoms with Crippen molar-refractivity contribution < 1.29 is 14.3 Å². The van der Waals surface area contributed by atoms with Crippen LogP contribution in [0.15, 0.2) is 67.1 Å². The Morgan fingerprint density at radius 1 is 0.971 bits per heavy atom. The molecule has 0 radical (unpaired) electrons. The second kappa shape index (κ2) is 8.12. The molecule has 0 bridgehead atoms. The number of anilines is 1. The zero-order chi connectivity index (χ0) is 24.0. The lowest BCUT2D eigenvalue weighted by Gasteiger charge is -2.35. The highest BCUT2D eigenvalue weighted by molar-refractivity contribution is 6.07. The minimum atomic E-state index is -0.804. The molecule has 2 aromatic heterocycles. The molecule has 2 fully saturated rings. The van der Waals surface area contributed by atoms with Crippen molar-refractivity contribution in [1.82, 2.24) is 25.2 Å². The van der Waals surface area contributed by atoms with E-state index in [-0.39, 0.29) is 11.9 Å². The maximum absolute atomic E-state index is 12.3. The standard InChI is InChI=1S/C26H24N6O3/c27-22-21-20(16-6-8-19(9-7-16)35-18-4-2-1-3-5-18)14-32(23(21)29-15-28-22)17-10-12-26(13-11-17)24(33)30-25(34)31-26/h1-9,14-15,17H,10-13H2,(H2,27,28,29)(H2,30,31,33,34)/t17-,26-. The van der Waals surface area contributed by atoms with E-state index in [0.29, 0.717) is 18.7 Å². The first-order valence-corrected chi connectivity index (χ1v) is 11.6. The highest BCUT2D eigenvalue weighted by Gasteiger charge is 2.48. The molecule has 3 heterocycles. The third kappa shape index (κ3) is 3.65. The number of hydrogen-bond acceptors (Lipinski definition) is 6. The van der Waals surface area contributed by atoms with Crippen molar-refractivity contribution in [3.8, 4) is 22.6 Å². The molecule has 6 rings (SSSR count). The predicted molar refractivity (Wildman–Crippen MR) is 131 cm³/mol. The van der Waals surface area contributed by atoms with Gasteiger partial charge in [0.15, 0.2) is 0 Å². The fourth-order valence-corrected chi connectivity index (χ4v) is 5.19. The van der Waals surface area contributed by atoms with Crippen LogP contribution in [0.1, 0.15) is 31.7 Å². The van der Waals surface area contributed by atoms with Gasteiger partial charge in [0.2, 0.25) is 0 Å². The van der Waals surface area contributed by atoms with Crippen LogP contribution in [0.5, 0.6) is 11.5 Å². The quantitative estimate of drug-likeness (QED) is 0.386. The van der Waals surface area contributed by atoms with Crippen molar-refractivity contribution in [3.05, 3.63) is 67.1 Å². The van der Waals surface area contributed by atoms with E-state index in [1.165, 1.54) is 6.33 Å². The molecule has 9 nitrogen and oxygen atoms in total. The van der Waals surface area contributed by atoms with Crippen LogP contribution in [-0.4, -0.2) is 32.0 Å². The van der Waals surface area contributed by atoms with Gasteiger partial charge in [-0.05, 0) is 55.5 Å². The molecule has 1 saturated heterocycles. The number of ether oxygens (including phenoxy) is 1. The number of nitrogens with one attached hydrogen (secondary N) is 2. The summed E-state index contributed by atoms with van der Waals surface area (Å²) < 4.78 is 8.06. The van der Waals surface area contributed by atoms with Crippen molar-refractivity contribution in [2.24, 2.45) is 0 Å². The molecule has 3 amide bonds. The Labute approximate surface area is 201 Å². The molecular weight excluding hydrogens is 444 g/mol. The number of nitrogens with two attached hydrogens (primary N) is 1. The predicted octanol–water partition coefficient (Wildman–Crippen LogP) is 4.17. The number of imide groups is 1. The summed E-state index contributed by atoms with van der Waals surface area (Å²) in [7, 11) is 0. The van der Waals surface area contributed by atoms with Crippen LogP contribution in [-0.2, 0) is 4.79 Å². The smallest absolute Gasteiger partial charge is 0.322 e. The van der Waals surface area contributed by atoms with Crippen LogP contribution < -0.4 is 21.1 Å². The molecule has 4 N–H and O–H groups in total. The third-order valence-corrected chi connectivity index (χ3v) is 7.00. The van der Waals surface area contributed by atoms with Gasteiger partial charge in [-0.1, -0.05) is 30.3 Å². The number of fused-ring (bicyclic) bond motifs is 1. The highest BCUT2D eigenvalue weighted by atomic mass is 16.5. The van der Waals surface area contributed by atoms with Gasteiger partial charge >= 0.3 is 6.03 Å². The molecule has 1 saturated carbocycles. The number of urea groups is 1. The van der Waals surface area contributed by atoms with Gasteiger partial charge in [-0.25, -0.2) is 14.8 Å². The Morgan fingerprint density at radius 3 is 2.37 bits per heavy atom. The molecule has 4 aromatic rings. The summed E-state index contributed by atoms with van der Waals surface area (Å²) in [4.78, 5) is 32.8. The fourth-order valence-electron chi connectivity index (χ4n) is 5.19. The minimum Gasteiger partial charge on any atom is -0.457 e. The fraction of sp³-hybridized carbons (Fsp3) is 0.231. The van der Waals surface area contributed by atoms with Crippen LogP contribution in [0, 0.1) is 0 Å². The van der Waals surface area contributed by atoms with Crippen molar-refractivity contribution in [2.75, 3.05) is 5.73 Å². The van der Waals surface area contributed by atoms with Crippen molar-refractivity contribution in [1.29, 1.82) is 0 Å². The zero-order valence-electron chi connectivity index (χ0n) is 18.9. The van der Waals surface area contributed by atoms with Crippen LogP contribution in [0.2, 0.25) is 0 Å². The number of carbonyl (C=O) groups excluding carboxylic acids is 2.